The molecule has 0 aliphatic carbocycles. The molecule has 1 heterocycles. The third kappa shape index (κ3) is 2.79. The predicted molar refractivity (Wildman–Crippen MR) is 75.9 cm³/mol. The lowest BCUT2D eigenvalue weighted by Gasteiger charge is -2.25. The molecule has 1 unspecified atom stereocenters. The number of ether oxygens (including phenoxy) is 1. The molecule has 0 radical (unpaired) electrons. The lowest BCUT2D eigenvalue weighted by Crippen LogP contribution is -2.35. The summed E-state index contributed by atoms with van der Waals surface area (Å²) >= 11 is 0. The molecule has 0 saturated carbocycles. The summed E-state index contributed by atoms with van der Waals surface area (Å²) < 4.78 is 5.17. The molecule has 0 aliphatic rings. The molecule has 104 valence electrons. The van der Waals surface area contributed by atoms with Crippen LogP contribution in [0.25, 0.3) is 0 Å². The van der Waals surface area contributed by atoms with Crippen LogP contribution < -0.4 is 4.74 Å². The van der Waals surface area contributed by atoms with Crippen molar-refractivity contribution >= 4 is 5.97 Å². The second-order valence-electron chi connectivity index (χ2n) is 4.87. The Morgan fingerprint density at radius 2 is 2.10 bits per heavy atom. The predicted octanol–water partition coefficient (Wildman–Crippen LogP) is 2.68. The standard InChI is InChI=1S/C16H17NO3/c1-16(15(18)19,11-13-7-3-4-9-17-13)12-6-5-8-14(10-12)20-2/h3-10H,11H2,1-2H3,(H,18,19). The van der Waals surface area contributed by atoms with Gasteiger partial charge in [-0.3, -0.25) is 9.78 Å². The van der Waals surface area contributed by atoms with Crippen molar-refractivity contribution < 1.29 is 14.6 Å². The van der Waals surface area contributed by atoms with Gasteiger partial charge in [0.1, 0.15) is 5.75 Å². The number of nitrogens with zero attached hydrogens (tertiary/aromatic N) is 1. The molecule has 4 heteroatoms. The van der Waals surface area contributed by atoms with Crippen LogP contribution in [0.3, 0.4) is 0 Å². The zero-order valence-electron chi connectivity index (χ0n) is 11.5. The number of aromatic nitrogens is 1. The second kappa shape index (κ2) is 5.74. The van der Waals surface area contributed by atoms with E-state index in [1.807, 2.05) is 18.2 Å². The number of carboxylic acid groups (broad SMARTS) is 1. The van der Waals surface area contributed by atoms with E-state index in [1.165, 1.54) is 0 Å². The highest BCUT2D eigenvalue weighted by atomic mass is 16.5. The van der Waals surface area contributed by atoms with Gasteiger partial charge in [-0.25, -0.2) is 0 Å². The minimum absolute atomic E-state index is 0.330. The van der Waals surface area contributed by atoms with E-state index >= 15 is 0 Å². The molecule has 20 heavy (non-hydrogen) atoms. The molecule has 2 aromatic rings. The fourth-order valence-electron chi connectivity index (χ4n) is 2.13. The van der Waals surface area contributed by atoms with Crippen molar-refractivity contribution in [2.75, 3.05) is 7.11 Å². The monoisotopic (exact) mass is 271 g/mol. The van der Waals surface area contributed by atoms with Crippen molar-refractivity contribution in [3.05, 3.63) is 59.9 Å². The highest BCUT2D eigenvalue weighted by Gasteiger charge is 2.36. The van der Waals surface area contributed by atoms with Gasteiger partial charge in [-0.05, 0) is 36.8 Å². The van der Waals surface area contributed by atoms with Gasteiger partial charge in [-0.1, -0.05) is 18.2 Å². The lowest BCUT2D eigenvalue weighted by atomic mass is 9.78. The highest BCUT2D eigenvalue weighted by Crippen LogP contribution is 2.30. The Bertz CT molecular complexity index is 598. The first kappa shape index (κ1) is 14.1. The maximum atomic E-state index is 11.8. The number of carbonyl (C=O) groups is 1. The van der Waals surface area contributed by atoms with E-state index in [9.17, 15) is 9.90 Å². The van der Waals surface area contributed by atoms with Gasteiger partial charge in [0.25, 0.3) is 0 Å². The van der Waals surface area contributed by atoms with Crippen molar-refractivity contribution in [3.8, 4) is 5.75 Å². The number of carboxylic acids is 1. The number of rotatable bonds is 5. The van der Waals surface area contributed by atoms with Gasteiger partial charge < -0.3 is 9.84 Å². The van der Waals surface area contributed by atoms with Gasteiger partial charge >= 0.3 is 5.97 Å². The molecule has 1 aromatic heterocycles. The van der Waals surface area contributed by atoms with Crippen molar-refractivity contribution in [2.24, 2.45) is 0 Å². The van der Waals surface area contributed by atoms with Crippen LogP contribution >= 0.6 is 0 Å². The van der Waals surface area contributed by atoms with Gasteiger partial charge in [0, 0.05) is 18.3 Å². The Morgan fingerprint density at radius 1 is 1.30 bits per heavy atom. The highest BCUT2D eigenvalue weighted by molar-refractivity contribution is 5.81. The summed E-state index contributed by atoms with van der Waals surface area (Å²) in [5.74, 6) is -0.229. The Balaban J connectivity index is 2.41. The van der Waals surface area contributed by atoms with Crippen molar-refractivity contribution in [1.29, 1.82) is 0 Å². The number of pyridine rings is 1. The number of hydrogen-bond acceptors (Lipinski definition) is 3. The molecule has 0 spiro atoms. The van der Waals surface area contributed by atoms with Crippen LogP contribution in [0.5, 0.6) is 5.75 Å². The minimum atomic E-state index is -1.04. The van der Waals surface area contributed by atoms with Crippen LogP contribution in [-0.2, 0) is 16.6 Å². The van der Waals surface area contributed by atoms with E-state index in [4.69, 9.17) is 4.74 Å². The third-order valence-electron chi connectivity index (χ3n) is 3.44. The van der Waals surface area contributed by atoms with Crippen LogP contribution in [-0.4, -0.2) is 23.2 Å². The van der Waals surface area contributed by atoms with Crippen molar-refractivity contribution in [2.45, 2.75) is 18.8 Å². The van der Waals surface area contributed by atoms with Gasteiger partial charge in [-0.2, -0.15) is 0 Å². The fourth-order valence-corrected chi connectivity index (χ4v) is 2.13. The zero-order chi connectivity index (χ0) is 14.6. The Kier molecular flexibility index (Phi) is 4.03. The average molecular weight is 271 g/mol. The summed E-state index contributed by atoms with van der Waals surface area (Å²) in [6.45, 7) is 1.71. The van der Waals surface area contributed by atoms with Gasteiger partial charge in [0.2, 0.25) is 0 Å². The normalized spacial score (nSPS) is 13.5. The largest absolute Gasteiger partial charge is 0.497 e. The maximum Gasteiger partial charge on any atom is 0.314 e. The molecule has 0 fully saturated rings. The van der Waals surface area contributed by atoms with E-state index < -0.39 is 11.4 Å². The van der Waals surface area contributed by atoms with E-state index in [0.29, 0.717) is 17.7 Å². The number of methoxy groups -OCH3 is 1. The van der Waals surface area contributed by atoms with Crippen molar-refractivity contribution in [1.82, 2.24) is 4.98 Å². The number of aliphatic carboxylic acids is 1. The van der Waals surface area contributed by atoms with Crippen molar-refractivity contribution in [3.63, 3.8) is 0 Å². The molecule has 0 aliphatic heterocycles. The Morgan fingerprint density at radius 3 is 2.70 bits per heavy atom. The van der Waals surface area contributed by atoms with Gasteiger partial charge in [0.15, 0.2) is 0 Å². The Hall–Kier alpha value is -2.36. The van der Waals surface area contributed by atoms with Gasteiger partial charge in [-0.15, -0.1) is 0 Å². The van der Waals surface area contributed by atoms with Crippen LogP contribution in [0.2, 0.25) is 0 Å². The molecule has 0 bridgehead atoms. The molecule has 0 amide bonds. The summed E-state index contributed by atoms with van der Waals surface area (Å²) in [6, 6.07) is 12.7. The lowest BCUT2D eigenvalue weighted by molar-refractivity contribution is -0.143. The van der Waals surface area contributed by atoms with E-state index in [0.717, 1.165) is 5.69 Å². The molecule has 0 saturated heterocycles. The molecular formula is C16H17NO3. The molecule has 1 N–H and O–H groups in total. The molecule has 1 atom stereocenters. The number of benzene rings is 1. The molecule has 2 rings (SSSR count). The first-order valence-electron chi connectivity index (χ1n) is 6.34. The second-order valence-corrected chi connectivity index (χ2v) is 4.87. The summed E-state index contributed by atoms with van der Waals surface area (Å²) in [6.07, 6.45) is 2.00. The smallest absolute Gasteiger partial charge is 0.314 e. The van der Waals surface area contributed by atoms with E-state index in [1.54, 1.807) is 44.5 Å². The van der Waals surface area contributed by atoms with E-state index in [2.05, 4.69) is 4.98 Å². The molecular weight excluding hydrogens is 254 g/mol. The first-order valence-corrected chi connectivity index (χ1v) is 6.34. The van der Waals surface area contributed by atoms with Crippen LogP contribution in [0, 0.1) is 0 Å². The summed E-state index contributed by atoms with van der Waals surface area (Å²) in [4.78, 5) is 16.0. The van der Waals surface area contributed by atoms with Crippen LogP contribution in [0.4, 0.5) is 0 Å². The topological polar surface area (TPSA) is 59.4 Å². The molecule has 4 nitrogen and oxygen atoms in total. The first-order chi connectivity index (χ1) is 9.56. The minimum Gasteiger partial charge on any atom is -0.497 e. The summed E-state index contributed by atoms with van der Waals surface area (Å²) in [7, 11) is 1.57. The SMILES string of the molecule is COc1cccc(C(C)(Cc2ccccn2)C(=O)O)c1. The van der Waals surface area contributed by atoms with Crippen LogP contribution in [0.15, 0.2) is 48.7 Å². The quantitative estimate of drug-likeness (QED) is 0.908. The summed E-state index contributed by atoms with van der Waals surface area (Å²) in [5.41, 5.74) is 0.415. The third-order valence-corrected chi connectivity index (χ3v) is 3.44. The van der Waals surface area contributed by atoms with E-state index in [-0.39, 0.29) is 0 Å². The maximum absolute atomic E-state index is 11.8. The van der Waals surface area contributed by atoms with Gasteiger partial charge in [0.05, 0.1) is 12.5 Å². The fraction of sp³-hybridized carbons (Fsp3) is 0.250. The summed E-state index contributed by atoms with van der Waals surface area (Å²) in [5, 5.41) is 9.64. The Labute approximate surface area is 118 Å². The molecule has 1 aromatic carbocycles. The van der Waals surface area contributed by atoms with Crippen LogP contribution in [0.1, 0.15) is 18.2 Å². The number of hydrogen-bond donors (Lipinski definition) is 1. The average Bonchev–Trinajstić information content (AvgIpc) is 2.48. The zero-order valence-corrected chi connectivity index (χ0v) is 11.5.